The molecule has 1 aromatic heterocycles. The molecule has 0 aliphatic heterocycles. The van der Waals surface area contributed by atoms with Crippen molar-refractivity contribution in [1.82, 2.24) is 9.78 Å². The van der Waals surface area contributed by atoms with Gasteiger partial charge in [0.2, 0.25) is 0 Å². The number of carbonyl (C=O) groups is 2. The third-order valence-electron chi connectivity index (χ3n) is 4.26. The largest absolute Gasteiger partial charge is 0.493 e. The van der Waals surface area contributed by atoms with Crippen LogP contribution in [0.2, 0.25) is 0 Å². The summed E-state index contributed by atoms with van der Waals surface area (Å²) in [6.45, 7) is 1.40. The number of rotatable bonds is 8. The summed E-state index contributed by atoms with van der Waals surface area (Å²) in [5, 5.41) is 7.10. The van der Waals surface area contributed by atoms with Crippen LogP contribution in [-0.2, 0) is 14.3 Å². The fraction of sp³-hybridized carbons (Fsp3) is 0.174. The molecule has 0 fully saturated rings. The molecule has 2 aromatic carbocycles. The van der Waals surface area contributed by atoms with Gasteiger partial charge >= 0.3 is 5.97 Å². The second-order valence-electron chi connectivity index (χ2n) is 6.52. The van der Waals surface area contributed by atoms with E-state index in [1.165, 1.54) is 13.2 Å². The lowest BCUT2D eigenvalue weighted by Crippen LogP contribution is -2.21. The van der Waals surface area contributed by atoms with Crippen LogP contribution < -0.4 is 14.8 Å². The van der Waals surface area contributed by atoms with Gasteiger partial charge in [0.05, 0.1) is 25.6 Å². The number of para-hydroxylation sites is 1. The van der Waals surface area contributed by atoms with Gasteiger partial charge in [0.25, 0.3) is 5.91 Å². The van der Waals surface area contributed by atoms with Crippen LogP contribution in [0.1, 0.15) is 11.3 Å². The Morgan fingerprint density at radius 3 is 2.48 bits per heavy atom. The van der Waals surface area contributed by atoms with E-state index < -0.39 is 18.5 Å². The molecule has 0 aliphatic carbocycles. The first-order chi connectivity index (χ1) is 15.0. The second kappa shape index (κ2) is 10.1. The van der Waals surface area contributed by atoms with Crippen LogP contribution in [0.25, 0.3) is 11.8 Å². The molecule has 160 valence electrons. The average molecular weight is 421 g/mol. The van der Waals surface area contributed by atoms with Crippen LogP contribution >= 0.6 is 0 Å². The first-order valence-corrected chi connectivity index (χ1v) is 9.49. The normalized spacial score (nSPS) is 10.7. The Hall–Kier alpha value is -4.07. The van der Waals surface area contributed by atoms with Crippen LogP contribution in [0.15, 0.2) is 60.7 Å². The van der Waals surface area contributed by atoms with Gasteiger partial charge in [-0.25, -0.2) is 9.48 Å². The Morgan fingerprint density at radius 2 is 1.77 bits per heavy atom. The predicted molar refractivity (Wildman–Crippen MR) is 116 cm³/mol. The molecular formula is C23H23N3O5. The van der Waals surface area contributed by atoms with Gasteiger partial charge in [-0.15, -0.1) is 0 Å². The number of nitrogens with zero attached hydrogens (tertiary/aromatic N) is 2. The van der Waals surface area contributed by atoms with Crippen molar-refractivity contribution < 1.29 is 23.8 Å². The first-order valence-electron chi connectivity index (χ1n) is 9.49. The van der Waals surface area contributed by atoms with E-state index in [0.29, 0.717) is 17.3 Å². The first kappa shape index (κ1) is 21.6. The molecule has 1 N–H and O–H groups in total. The van der Waals surface area contributed by atoms with E-state index >= 15 is 0 Å². The Labute approximate surface area is 180 Å². The highest BCUT2D eigenvalue weighted by atomic mass is 16.5. The van der Waals surface area contributed by atoms with E-state index in [2.05, 4.69) is 10.4 Å². The number of hydrogen-bond acceptors (Lipinski definition) is 6. The van der Waals surface area contributed by atoms with Crippen LogP contribution in [0, 0.1) is 6.92 Å². The number of esters is 1. The third-order valence-corrected chi connectivity index (χ3v) is 4.26. The lowest BCUT2D eigenvalue weighted by Gasteiger charge is -2.09. The number of ether oxygens (including phenoxy) is 3. The molecule has 0 radical (unpaired) electrons. The number of methoxy groups -OCH3 is 2. The van der Waals surface area contributed by atoms with Crippen LogP contribution in [0.5, 0.6) is 11.5 Å². The number of amides is 1. The van der Waals surface area contributed by atoms with Crippen LogP contribution in [0.4, 0.5) is 5.82 Å². The molecule has 31 heavy (non-hydrogen) atoms. The zero-order valence-electron chi connectivity index (χ0n) is 17.5. The highest BCUT2D eigenvalue weighted by Crippen LogP contribution is 2.28. The molecule has 0 bridgehead atoms. The van der Waals surface area contributed by atoms with Crippen molar-refractivity contribution >= 4 is 23.8 Å². The van der Waals surface area contributed by atoms with Gasteiger partial charge in [-0.1, -0.05) is 24.3 Å². The van der Waals surface area contributed by atoms with Crippen molar-refractivity contribution in [1.29, 1.82) is 0 Å². The predicted octanol–water partition coefficient (Wildman–Crippen LogP) is 3.39. The molecule has 1 amide bonds. The summed E-state index contributed by atoms with van der Waals surface area (Å²) in [6, 6.07) is 16.4. The lowest BCUT2D eigenvalue weighted by atomic mass is 10.2. The minimum Gasteiger partial charge on any atom is -0.493 e. The standard InChI is InChI=1S/C23H23N3O5/c1-16-13-21(26(25-16)18-7-5-4-6-8-18)24-22(27)15-31-23(28)12-10-17-9-11-19(29-2)20(14-17)30-3/h4-14H,15H2,1-3H3,(H,24,27)/b12-10+. The van der Waals surface area contributed by atoms with Crippen molar-refractivity contribution in [3.63, 3.8) is 0 Å². The van der Waals surface area contributed by atoms with Gasteiger partial charge in [-0.3, -0.25) is 4.79 Å². The van der Waals surface area contributed by atoms with Gasteiger partial charge in [-0.2, -0.15) is 5.10 Å². The summed E-state index contributed by atoms with van der Waals surface area (Å²) in [5.41, 5.74) is 2.27. The molecule has 0 saturated heterocycles. The van der Waals surface area contributed by atoms with E-state index in [0.717, 1.165) is 16.9 Å². The van der Waals surface area contributed by atoms with E-state index in [1.807, 2.05) is 37.3 Å². The fourth-order valence-corrected chi connectivity index (χ4v) is 2.84. The molecule has 0 spiro atoms. The second-order valence-corrected chi connectivity index (χ2v) is 6.52. The van der Waals surface area contributed by atoms with Gasteiger partial charge < -0.3 is 19.5 Å². The number of aryl methyl sites for hydroxylation is 1. The fourth-order valence-electron chi connectivity index (χ4n) is 2.84. The summed E-state index contributed by atoms with van der Waals surface area (Å²) in [5.74, 6) is 0.514. The zero-order valence-corrected chi connectivity index (χ0v) is 17.5. The van der Waals surface area contributed by atoms with Crippen molar-refractivity contribution in [2.75, 3.05) is 26.1 Å². The van der Waals surface area contributed by atoms with Crippen molar-refractivity contribution in [3.05, 3.63) is 71.9 Å². The number of aromatic nitrogens is 2. The highest BCUT2D eigenvalue weighted by molar-refractivity contribution is 5.94. The molecule has 3 rings (SSSR count). The monoisotopic (exact) mass is 421 g/mol. The average Bonchev–Trinajstić information content (AvgIpc) is 3.16. The molecular weight excluding hydrogens is 398 g/mol. The summed E-state index contributed by atoms with van der Waals surface area (Å²) < 4.78 is 17.1. The summed E-state index contributed by atoms with van der Waals surface area (Å²) in [4.78, 5) is 24.2. The smallest absolute Gasteiger partial charge is 0.331 e. The topological polar surface area (TPSA) is 91.7 Å². The maximum absolute atomic E-state index is 12.3. The number of carbonyl (C=O) groups excluding carboxylic acids is 2. The Morgan fingerprint density at radius 1 is 1.03 bits per heavy atom. The molecule has 1 heterocycles. The Bertz CT molecular complexity index is 1090. The Kier molecular flexibility index (Phi) is 7.05. The summed E-state index contributed by atoms with van der Waals surface area (Å²) in [6.07, 6.45) is 2.81. The maximum atomic E-state index is 12.3. The van der Waals surface area contributed by atoms with Crippen molar-refractivity contribution in [3.8, 4) is 17.2 Å². The highest BCUT2D eigenvalue weighted by Gasteiger charge is 2.12. The Balaban J connectivity index is 1.57. The molecule has 8 nitrogen and oxygen atoms in total. The number of benzene rings is 2. The van der Waals surface area contributed by atoms with Gasteiger partial charge in [0.15, 0.2) is 18.1 Å². The molecule has 0 unspecified atom stereocenters. The van der Waals surface area contributed by atoms with Gasteiger partial charge in [0.1, 0.15) is 5.82 Å². The SMILES string of the molecule is COc1ccc(/C=C/C(=O)OCC(=O)Nc2cc(C)nn2-c2ccccc2)cc1OC. The van der Waals surface area contributed by atoms with Crippen LogP contribution in [0.3, 0.4) is 0 Å². The van der Waals surface area contributed by atoms with Gasteiger partial charge in [0, 0.05) is 12.1 Å². The molecule has 0 saturated carbocycles. The van der Waals surface area contributed by atoms with Gasteiger partial charge in [-0.05, 0) is 42.8 Å². The quantitative estimate of drug-likeness (QED) is 0.443. The van der Waals surface area contributed by atoms with E-state index in [9.17, 15) is 9.59 Å². The molecule has 8 heteroatoms. The molecule has 0 atom stereocenters. The number of hydrogen-bond donors (Lipinski definition) is 1. The molecule has 0 aliphatic rings. The van der Waals surface area contributed by atoms with E-state index in [-0.39, 0.29) is 0 Å². The minimum atomic E-state index is -0.641. The maximum Gasteiger partial charge on any atom is 0.331 e. The third kappa shape index (κ3) is 5.72. The summed E-state index contributed by atoms with van der Waals surface area (Å²) >= 11 is 0. The minimum absolute atomic E-state index is 0.422. The number of anilines is 1. The van der Waals surface area contributed by atoms with Crippen molar-refractivity contribution in [2.24, 2.45) is 0 Å². The van der Waals surface area contributed by atoms with E-state index in [4.69, 9.17) is 14.2 Å². The van der Waals surface area contributed by atoms with E-state index in [1.54, 1.807) is 42.1 Å². The number of nitrogens with one attached hydrogen (secondary N) is 1. The van der Waals surface area contributed by atoms with Crippen molar-refractivity contribution in [2.45, 2.75) is 6.92 Å². The summed E-state index contributed by atoms with van der Waals surface area (Å²) in [7, 11) is 3.08. The molecule has 3 aromatic rings. The zero-order chi connectivity index (χ0) is 22.2. The van der Waals surface area contributed by atoms with Crippen LogP contribution in [-0.4, -0.2) is 42.5 Å². The lowest BCUT2D eigenvalue weighted by molar-refractivity contribution is -0.142.